The molecule has 0 spiro atoms. The number of anilines is 1. The quantitative estimate of drug-likeness (QED) is 0.746. The molecular weight excluding hydrogens is 397 g/mol. The molecule has 1 aliphatic heterocycles. The molecule has 0 fully saturated rings. The van der Waals surface area contributed by atoms with Gasteiger partial charge >= 0.3 is 0 Å². The number of ether oxygens (including phenoxy) is 2. The molecule has 152 valence electrons. The van der Waals surface area contributed by atoms with Gasteiger partial charge in [-0.25, -0.2) is 13.2 Å². The first kappa shape index (κ1) is 21.9. The van der Waals surface area contributed by atoms with Crippen LogP contribution in [0.1, 0.15) is 11.1 Å². The van der Waals surface area contributed by atoms with Crippen molar-refractivity contribution in [1.82, 2.24) is 4.98 Å². The van der Waals surface area contributed by atoms with Gasteiger partial charge in [0.2, 0.25) is 0 Å². The normalized spacial score (nSPS) is 19.0. The molecule has 0 bridgehead atoms. The van der Waals surface area contributed by atoms with E-state index in [0.717, 1.165) is 17.7 Å². The van der Waals surface area contributed by atoms with E-state index in [1.165, 1.54) is 6.07 Å². The molecule has 1 aromatic heterocycles. The highest BCUT2D eigenvalue weighted by atomic mass is 35.5. The Bertz CT molecular complexity index is 838. The number of nitrogen functional groups attached to an aromatic ring is 1. The monoisotopic (exact) mass is 416 g/mol. The number of halogens is 4. The van der Waals surface area contributed by atoms with Gasteiger partial charge in [-0.05, 0) is 29.8 Å². The predicted molar refractivity (Wildman–Crippen MR) is 101 cm³/mol. The summed E-state index contributed by atoms with van der Waals surface area (Å²) in [6.45, 7) is 0.0811. The van der Waals surface area contributed by atoms with Crippen molar-refractivity contribution in [2.45, 2.75) is 18.6 Å². The van der Waals surface area contributed by atoms with E-state index in [2.05, 4.69) is 9.98 Å². The third kappa shape index (κ3) is 5.34. The maximum absolute atomic E-state index is 13.7. The lowest BCUT2D eigenvalue weighted by atomic mass is 9.90. The van der Waals surface area contributed by atoms with Gasteiger partial charge in [-0.1, -0.05) is 11.6 Å². The van der Waals surface area contributed by atoms with Crippen molar-refractivity contribution in [3.05, 3.63) is 58.6 Å². The van der Waals surface area contributed by atoms with E-state index in [1.807, 2.05) is 6.07 Å². The number of aromatic nitrogens is 1. The largest absolute Gasteiger partial charge is 0.399 e. The first-order valence-electron chi connectivity index (χ1n) is 8.12. The number of hydrogen-bond donors (Lipinski definition) is 2. The summed E-state index contributed by atoms with van der Waals surface area (Å²) < 4.78 is 50.2. The third-order valence-corrected chi connectivity index (χ3v) is 4.01. The summed E-state index contributed by atoms with van der Waals surface area (Å²) in [4.78, 5) is 7.60. The third-order valence-electron chi connectivity index (χ3n) is 3.81. The van der Waals surface area contributed by atoms with Crippen LogP contribution in [0.5, 0.6) is 0 Å². The second kappa shape index (κ2) is 9.72. The van der Waals surface area contributed by atoms with Crippen LogP contribution in [0.15, 0.2) is 41.7 Å². The van der Waals surface area contributed by atoms with Gasteiger partial charge in [0, 0.05) is 30.8 Å². The van der Waals surface area contributed by atoms with Crippen molar-refractivity contribution >= 4 is 23.1 Å². The van der Waals surface area contributed by atoms with Crippen molar-refractivity contribution in [1.29, 1.82) is 0 Å². The molecule has 3 rings (SSSR count). The Kier molecular flexibility index (Phi) is 7.61. The summed E-state index contributed by atoms with van der Waals surface area (Å²) in [5.41, 5.74) is 9.65. The zero-order chi connectivity index (χ0) is 20.7. The van der Waals surface area contributed by atoms with E-state index in [0.29, 0.717) is 11.6 Å². The lowest BCUT2D eigenvalue weighted by Gasteiger charge is -2.33. The molecule has 1 atom stereocenters. The number of nitrogens with two attached hydrogens (primary N) is 2. The summed E-state index contributed by atoms with van der Waals surface area (Å²) >= 11 is 5.66. The van der Waals surface area contributed by atoms with Crippen LogP contribution in [-0.2, 0) is 21.6 Å². The number of aliphatic imine (C=N–C) groups is 1. The lowest BCUT2D eigenvalue weighted by Crippen LogP contribution is -2.45. The summed E-state index contributed by atoms with van der Waals surface area (Å²) in [6.07, 6.45) is 0.378. The van der Waals surface area contributed by atoms with Crippen molar-refractivity contribution in [3.63, 3.8) is 0 Å². The predicted octanol–water partition coefficient (Wildman–Crippen LogP) is 3.14. The van der Waals surface area contributed by atoms with E-state index < -0.39 is 24.4 Å². The molecule has 0 saturated carbocycles. The van der Waals surface area contributed by atoms with Crippen LogP contribution in [0.2, 0.25) is 5.02 Å². The second-order valence-electron chi connectivity index (χ2n) is 6.00. The zero-order valence-corrected chi connectivity index (χ0v) is 15.8. The molecule has 1 aliphatic rings. The molecule has 2 aromatic rings. The number of alkyl halides is 2. The van der Waals surface area contributed by atoms with Crippen molar-refractivity contribution in [3.8, 4) is 0 Å². The minimum atomic E-state index is -2.95. The van der Waals surface area contributed by atoms with Gasteiger partial charge in [-0.15, -0.1) is 0 Å². The fraction of sp³-hybridized carbons (Fsp3) is 0.333. The van der Waals surface area contributed by atoms with Crippen molar-refractivity contribution in [2.24, 2.45) is 10.7 Å². The first-order valence-corrected chi connectivity index (χ1v) is 8.50. The minimum Gasteiger partial charge on any atom is -0.399 e. The summed E-state index contributed by atoms with van der Waals surface area (Å²) in [6, 6.07) is 5.27. The SMILES string of the molecule is COCc1cncc(Cl)c1.NC1=NC(c2cc(N)ccc2F)(C(F)F)COC1. The van der Waals surface area contributed by atoms with Gasteiger partial charge in [0.25, 0.3) is 6.43 Å². The van der Waals surface area contributed by atoms with Crippen LogP contribution in [-0.4, -0.2) is 37.6 Å². The molecule has 4 N–H and O–H groups in total. The number of methoxy groups -OCH3 is 1. The van der Waals surface area contributed by atoms with Crippen molar-refractivity contribution < 1.29 is 22.6 Å². The highest BCUT2D eigenvalue weighted by Gasteiger charge is 2.46. The number of hydrogen-bond acceptors (Lipinski definition) is 6. The highest BCUT2D eigenvalue weighted by Crippen LogP contribution is 2.37. The van der Waals surface area contributed by atoms with E-state index in [4.69, 9.17) is 32.5 Å². The molecule has 6 nitrogen and oxygen atoms in total. The Hall–Kier alpha value is -2.36. The fourth-order valence-electron chi connectivity index (χ4n) is 2.58. The van der Waals surface area contributed by atoms with Gasteiger partial charge in [0.05, 0.1) is 18.2 Å². The van der Waals surface area contributed by atoms with E-state index >= 15 is 0 Å². The van der Waals surface area contributed by atoms with Crippen LogP contribution in [0, 0.1) is 5.82 Å². The number of nitrogens with zero attached hydrogens (tertiary/aromatic N) is 2. The van der Waals surface area contributed by atoms with Crippen LogP contribution < -0.4 is 11.5 Å². The van der Waals surface area contributed by atoms with Crippen LogP contribution >= 0.6 is 11.6 Å². The second-order valence-corrected chi connectivity index (χ2v) is 6.44. The average Bonchev–Trinajstić information content (AvgIpc) is 2.64. The summed E-state index contributed by atoms with van der Waals surface area (Å²) in [5, 5.41) is 0.648. The molecule has 1 unspecified atom stereocenters. The Morgan fingerprint density at radius 1 is 1.29 bits per heavy atom. The minimum absolute atomic E-state index is 0.0432. The number of rotatable bonds is 4. The summed E-state index contributed by atoms with van der Waals surface area (Å²) in [7, 11) is 1.64. The van der Waals surface area contributed by atoms with Crippen LogP contribution in [0.3, 0.4) is 0 Å². The van der Waals surface area contributed by atoms with Crippen LogP contribution in [0.4, 0.5) is 18.9 Å². The van der Waals surface area contributed by atoms with E-state index in [1.54, 1.807) is 19.5 Å². The van der Waals surface area contributed by atoms with Gasteiger partial charge < -0.3 is 20.9 Å². The molecule has 0 saturated heterocycles. The van der Waals surface area contributed by atoms with Gasteiger partial charge in [-0.2, -0.15) is 0 Å². The molecule has 0 amide bonds. The highest BCUT2D eigenvalue weighted by molar-refractivity contribution is 6.30. The first-order chi connectivity index (χ1) is 13.3. The average molecular weight is 417 g/mol. The van der Waals surface area contributed by atoms with E-state index in [-0.39, 0.29) is 23.7 Å². The lowest BCUT2D eigenvalue weighted by molar-refractivity contribution is -0.0145. The molecule has 0 radical (unpaired) electrons. The number of benzene rings is 1. The van der Waals surface area contributed by atoms with Gasteiger partial charge in [0.1, 0.15) is 18.3 Å². The number of pyridine rings is 1. The van der Waals surface area contributed by atoms with Gasteiger partial charge in [0.15, 0.2) is 5.54 Å². The van der Waals surface area contributed by atoms with E-state index in [9.17, 15) is 13.2 Å². The smallest absolute Gasteiger partial charge is 0.269 e. The maximum Gasteiger partial charge on any atom is 0.269 e. The molecule has 0 aliphatic carbocycles. The molecule has 10 heteroatoms. The molecule has 28 heavy (non-hydrogen) atoms. The Balaban J connectivity index is 0.000000237. The standard InChI is InChI=1S/C11H12F3N3O.C7H8ClNO/c12-8-2-1-6(15)3-7(8)11(10(13)14)5-18-4-9(16)17-11;1-10-5-6-2-7(8)4-9-3-6/h1-3,10H,4-5,15H2,(H2,16,17);2-4H,5H2,1H3. The van der Waals surface area contributed by atoms with Crippen LogP contribution in [0.25, 0.3) is 0 Å². The van der Waals surface area contributed by atoms with Crippen molar-refractivity contribution in [2.75, 3.05) is 26.1 Å². The fourth-order valence-corrected chi connectivity index (χ4v) is 2.77. The summed E-state index contributed by atoms with van der Waals surface area (Å²) in [5.74, 6) is -0.907. The number of amidine groups is 1. The Morgan fingerprint density at radius 2 is 2.04 bits per heavy atom. The Morgan fingerprint density at radius 3 is 2.64 bits per heavy atom. The Labute approximate surface area is 165 Å². The maximum atomic E-state index is 13.7. The van der Waals surface area contributed by atoms with Gasteiger partial charge in [-0.3, -0.25) is 9.98 Å². The zero-order valence-electron chi connectivity index (χ0n) is 15.0. The molecular formula is C18H20ClF3N4O2. The topological polar surface area (TPSA) is 95.8 Å². The molecule has 1 aromatic carbocycles. The molecule has 2 heterocycles.